The van der Waals surface area contributed by atoms with Crippen LogP contribution in [0.1, 0.15) is 21.5 Å². The van der Waals surface area contributed by atoms with Crippen molar-refractivity contribution in [1.29, 1.82) is 0 Å². The number of ether oxygens (including phenoxy) is 2. The summed E-state index contributed by atoms with van der Waals surface area (Å²) in [5.41, 5.74) is 2.61. The molecule has 0 aliphatic heterocycles. The molecule has 0 heterocycles. The van der Waals surface area contributed by atoms with Gasteiger partial charge in [0.2, 0.25) is 5.91 Å². The van der Waals surface area contributed by atoms with Crippen LogP contribution in [0.4, 0.5) is 11.4 Å². The van der Waals surface area contributed by atoms with Gasteiger partial charge in [0.25, 0.3) is 15.9 Å². The van der Waals surface area contributed by atoms with E-state index in [4.69, 9.17) is 9.47 Å². The monoisotopic (exact) mass is 587 g/mol. The number of anilines is 2. The van der Waals surface area contributed by atoms with E-state index in [2.05, 4.69) is 10.6 Å². The molecule has 0 aliphatic carbocycles. The number of nitrogens with one attached hydrogen (secondary N) is 2. The van der Waals surface area contributed by atoms with Gasteiger partial charge in [0.05, 0.1) is 36.1 Å². The summed E-state index contributed by atoms with van der Waals surface area (Å²) in [5, 5.41) is 5.60. The number of nitrogens with zero attached hydrogens (tertiary/aromatic N) is 1. The van der Waals surface area contributed by atoms with Gasteiger partial charge in [0, 0.05) is 12.6 Å². The maximum Gasteiger partial charge on any atom is 0.264 e. The van der Waals surface area contributed by atoms with E-state index in [1.165, 1.54) is 32.4 Å². The average Bonchev–Trinajstić information content (AvgIpc) is 3.00. The van der Waals surface area contributed by atoms with Crippen LogP contribution in [-0.2, 0) is 21.2 Å². The van der Waals surface area contributed by atoms with Crippen molar-refractivity contribution in [2.45, 2.75) is 18.2 Å². The SMILES string of the molecule is COc1ccc(OC)c(N(CC(=O)Nc2ccccc2C(=O)NCCc2ccccc2)S(=O)(=O)c2ccc(C)cc2)c1. The second-order valence-electron chi connectivity index (χ2n) is 9.45. The molecule has 9 nitrogen and oxygen atoms in total. The van der Waals surface area contributed by atoms with Gasteiger partial charge in [-0.1, -0.05) is 60.2 Å². The molecule has 0 radical (unpaired) electrons. The van der Waals surface area contributed by atoms with Crippen molar-refractivity contribution in [3.63, 3.8) is 0 Å². The third kappa shape index (κ3) is 7.27. The van der Waals surface area contributed by atoms with E-state index in [1.54, 1.807) is 48.5 Å². The number of hydrogen-bond acceptors (Lipinski definition) is 6. The number of benzene rings is 4. The number of hydrogen-bond donors (Lipinski definition) is 2. The summed E-state index contributed by atoms with van der Waals surface area (Å²) in [6, 6.07) is 27.3. The maximum atomic E-state index is 13.9. The van der Waals surface area contributed by atoms with E-state index in [0.717, 1.165) is 15.4 Å². The molecule has 0 atom stereocenters. The third-order valence-corrected chi connectivity index (χ3v) is 8.31. The van der Waals surface area contributed by atoms with Gasteiger partial charge in [0.1, 0.15) is 18.0 Å². The number of carbonyl (C=O) groups excluding carboxylic acids is 2. The van der Waals surface area contributed by atoms with Gasteiger partial charge in [-0.2, -0.15) is 0 Å². The van der Waals surface area contributed by atoms with E-state index in [9.17, 15) is 18.0 Å². The molecule has 0 saturated carbocycles. The Balaban J connectivity index is 1.59. The number of aryl methyl sites for hydroxylation is 1. The van der Waals surface area contributed by atoms with Gasteiger partial charge in [-0.3, -0.25) is 13.9 Å². The number of carbonyl (C=O) groups is 2. The molecule has 0 aliphatic rings. The lowest BCUT2D eigenvalue weighted by atomic mass is 10.1. The van der Waals surface area contributed by atoms with Crippen molar-refractivity contribution >= 4 is 33.2 Å². The molecule has 4 aromatic rings. The molecule has 2 N–H and O–H groups in total. The first-order chi connectivity index (χ1) is 20.2. The van der Waals surface area contributed by atoms with Crippen LogP contribution in [0, 0.1) is 6.92 Å². The van der Waals surface area contributed by atoms with Gasteiger partial charge in [0.15, 0.2) is 0 Å². The summed E-state index contributed by atoms with van der Waals surface area (Å²) in [6.45, 7) is 1.66. The minimum atomic E-state index is -4.22. The summed E-state index contributed by atoms with van der Waals surface area (Å²) in [5.74, 6) is -0.397. The topological polar surface area (TPSA) is 114 Å². The zero-order valence-corrected chi connectivity index (χ0v) is 24.5. The molecule has 0 bridgehead atoms. The zero-order chi connectivity index (χ0) is 30.1. The molecule has 0 aromatic heterocycles. The fourth-order valence-electron chi connectivity index (χ4n) is 4.30. The molecule has 0 saturated heterocycles. The Bertz CT molecular complexity index is 1640. The Hall–Kier alpha value is -4.83. The minimum Gasteiger partial charge on any atom is -0.497 e. The highest BCUT2D eigenvalue weighted by Crippen LogP contribution is 2.35. The summed E-state index contributed by atoms with van der Waals surface area (Å²) < 4.78 is 39.5. The van der Waals surface area contributed by atoms with Crippen molar-refractivity contribution in [3.05, 3.63) is 114 Å². The van der Waals surface area contributed by atoms with E-state index in [1.807, 2.05) is 37.3 Å². The Morgan fingerprint density at radius 1 is 0.833 bits per heavy atom. The smallest absolute Gasteiger partial charge is 0.264 e. The Morgan fingerprint density at radius 3 is 2.21 bits per heavy atom. The van der Waals surface area contributed by atoms with Gasteiger partial charge in [-0.25, -0.2) is 8.42 Å². The van der Waals surface area contributed by atoms with Crippen LogP contribution >= 0.6 is 0 Å². The number of methoxy groups -OCH3 is 2. The molecule has 42 heavy (non-hydrogen) atoms. The molecule has 10 heteroatoms. The van der Waals surface area contributed by atoms with E-state index >= 15 is 0 Å². The quantitative estimate of drug-likeness (QED) is 0.246. The van der Waals surface area contributed by atoms with E-state index in [0.29, 0.717) is 18.7 Å². The van der Waals surface area contributed by atoms with Crippen LogP contribution in [0.25, 0.3) is 0 Å². The van der Waals surface area contributed by atoms with Crippen molar-refractivity contribution < 1.29 is 27.5 Å². The predicted octanol–water partition coefficient (Wildman–Crippen LogP) is 4.82. The van der Waals surface area contributed by atoms with Gasteiger partial charge >= 0.3 is 0 Å². The molecule has 0 spiro atoms. The maximum absolute atomic E-state index is 13.9. The molecule has 2 amide bonds. The number of amides is 2. The zero-order valence-electron chi connectivity index (χ0n) is 23.7. The van der Waals surface area contributed by atoms with Crippen LogP contribution < -0.4 is 24.4 Å². The van der Waals surface area contributed by atoms with Crippen LogP contribution in [0.15, 0.2) is 102 Å². The lowest BCUT2D eigenvalue weighted by Crippen LogP contribution is -2.38. The van der Waals surface area contributed by atoms with Crippen molar-refractivity contribution in [2.75, 3.05) is 36.9 Å². The van der Waals surface area contributed by atoms with Crippen LogP contribution in [0.2, 0.25) is 0 Å². The first-order valence-corrected chi connectivity index (χ1v) is 14.7. The van der Waals surface area contributed by atoms with Crippen LogP contribution in [0.3, 0.4) is 0 Å². The Morgan fingerprint density at radius 2 is 1.52 bits per heavy atom. The second kappa shape index (κ2) is 13.7. The fourth-order valence-corrected chi connectivity index (χ4v) is 5.72. The van der Waals surface area contributed by atoms with Gasteiger partial charge in [-0.05, 0) is 55.3 Å². The molecular weight excluding hydrogens is 554 g/mol. The lowest BCUT2D eigenvalue weighted by molar-refractivity contribution is -0.114. The molecule has 4 rings (SSSR count). The minimum absolute atomic E-state index is 0.00367. The summed E-state index contributed by atoms with van der Waals surface area (Å²) >= 11 is 0. The van der Waals surface area contributed by atoms with Crippen molar-refractivity contribution in [2.24, 2.45) is 0 Å². The van der Waals surface area contributed by atoms with Crippen LogP contribution in [-0.4, -0.2) is 47.5 Å². The van der Waals surface area contributed by atoms with E-state index in [-0.39, 0.29) is 33.5 Å². The molecule has 4 aromatic carbocycles. The number of para-hydroxylation sites is 1. The highest BCUT2D eigenvalue weighted by Gasteiger charge is 2.30. The largest absolute Gasteiger partial charge is 0.497 e. The van der Waals surface area contributed by atoms with Crippen molar-refractivity contribution in [1.82, 2.24) is 5.32 Å². The lowest BCUT2D eigenvalue weighted by Gasteiger charge is -2.26. The molecule has 218 valence electrons. The van der Waals surface area contributed by atoms with Crippen molar-refractivity contribution in [3.8, 4) is 11.5 Å². The standard InChI is InChI=1S/C32H33N3O6S/c1-23-13-16-26(17-14-23)42(38,39)35(29-21-25(40-2)15-18-30(29)41-3)22-31(36)34-28-12-8-7-11-27(28)32(37)33-20-19-24-9-5-4-6-10-24/h4-18,21H,19-20,22H2,1-3H3,(H,33,37)(H,34,36). The first-order valence-electron chi connectivity index (χ1n) is 13.3. The summed E-state index contributed by atoms with van der Waals surface area (Å²) in [6.07, 6.45) is 0.648. The highest BCUT2D eigenvalue weighted by molar-refractivity contribution is 7.92. The van der Waals surface area contributed by atoms with E-state index < -0.39 is 22.5 Å². The second-order valence-corrected chi connectivity index (χ2v) is 11.3. The Kier molecular flexibility index (Phi) is 9.82. The van der Waals surface area contributed by atoms with Crippen LogP contribution in [0.5, 0.6) is 11.5 Å². The Labute approximate surface area is 246 Å². The van der Waals surface area contributed by atoms with Gasteiger partial charge in [-0.15, -0.1) is 0 Å². The molecule has 0 fully saturated rings. The first kappa shape index (κ1) is 30.1. The highest BCUT2D eigenvalue weighted by atomic mass is 32.2. The third-order valence-electron chi connectivity index (χ3n) is 6.54. The molecule has 0 unspecified atom stereocenters. The fraction of sp³-hybridized carbons (Fsp3) is 0.188. The number of sulfonamides is 1. The summed E-state index contributed by atoms with van der Waals surface area (Å²) in [4.78, 5) is 26.4. The molecular formula is C32H33N3O6S. The number of rotatable bonds is 12. The normalized spacial score (nSPS) is 10.9. The average molecular weight is 588 g/mol. The van der Waals surface area contributed by atoms with Gasteiger partial charge < -0.3 is 20.1 Å². The predicted molar refractivity (Wildman–Crippen MR) is 163 cm³/mol. The summed E-state index contributed by atoms with van der Waals surface area (Å²) in [7, 11) is -1.35.